The highest BCUT2D eigenvalue weighted by Crippen LogP contribution is 2.23. The summed E-state index contributed by atoms with van der Waals surface area (Å²) < 4.78 is 0. The molecule has 1 fully saturated rings. The van der Waals surface area contributed by atoms with E-state index < -0.39 is 0 Å². The minimum absolute atomic E-state index is 0.0439. The Kier molecular flexibility index (Phi) is 8.23. The fourth-order valence-corrected chi connectivity index (χ4v) is 3.83. The molecule has 1 aromatic carbocycles. The number of dihydropyridines is 1. The van der Waals surface area contributed by atoms with Crippen molar-refractivity contribution in [3.63, 3.8) is 0 Å². The third kappa shape index (κ3) is 7.00. The Balaban J connectivity index is 1.26. The van der Waals surface area contributed by atoms with Crippen LogP contribution < -0.4 is 5.32 Å². The van der Waals surface area contributed by atoms with Crippen molar-refractivity contribution in [1.29, 1.82) is 0 Å². The molecule has 0 bridgehead atoms. The number of carbonyl (C=O) groups excluding carboxylic acids is 2. The Bertz CT molecular complexity index is 760. The highest BCUT2D eigenvalue weighted by molar-refractivity contribution is 5.94. The van der Waals surface area contributed by atoms with E-state index in [0.29, 0.717) is 12.5 Å². The minimum atomic E-state index is -0.0439. The quantitative estimate of drug-likeness (QED) is 0.540. The van der Waals surface area contributed by atoms with Crippen LogP contribution in [-0.4, -0.2) is 49.1 Å². The molecule has 0 aliphatic carbocycles. The third-order valence-electron chi connectivity index (χ3n) is 5.57. The van der Waals surface area contributed by atoms with Crippen LogP contribution in [0.25, 0.3) is 0 Å². The third-order valence-corrected chi connectivity index (χ3v) is 5.57. The summed E-state index contributed by atoms with van der Waals surface area (Å²) in [5.41, 5.74) is 1.78. The van der Waals surface area contributed by atoms with Crippen LogP contribution in [0.4, 0.5) is 0 Å². The van der Waals surface area contributed by atoms with Crippen molar-refractivity contribution >= 4 is 18.0 Å². The summed E-state index contributed by atoms with van der Waals surface area (Å²) in [4.78, 5) is 30.5. The van der Waals surface area contributed by atoms with Gasteiger partial charge in [0, 0.05) is 44.0 Å². The zero-order valence-corrected chi connectivity index (χ0v) is 17.1. The number of nitrogens with one attached hydrogen (secondary N) is 1. The lowest BCUT2D eigenvalue weighted by molar-refractivity contribution is -0.116. The molecule has 154 valence electrons. The number of rotatable bonds is 8. The molecule has 0 aromatic heterocycles. The molecule has 0 unspecified atom stereocenters. The first-order valence-electron chi connectivity index (χ1n) is 10.7. The fourth-order valence-electron chi connectivity index (χ4n) is 3.83. The highest BCUT2D eigenvalue weighted by atomic mass is 16.2. The van der Waals surface area contributed by atoms with Gasteiger partial charge in [-0.3, -0.25) is 14.6 Å². The predicted octanol–water partition coefficient (Wildman–Crippen LogP) is 3.78. The first-order valence-corrected chi connectivity index (χ1v) is 10.7. The van der Waals surface area contributed by atoms with Crippen molar-refractivity contribution in [3.8, 4) is 0 Å². The number of carbonyl (C=O) groups is 2. The number of likely N-dealkylation sites (tertiary alicyclic amines) is 1. The molecule has 0 spiro atoms. The molecule has 1 N–H and O–H groups in total. The van der Waals surface area contributed by atoms with Crippen molar-refractivity contribution < 1.29 is 9.59 Å². The average Bonchev–Trinajstić information content (AvgIpc) is 2.79. The SMILES string of the molecule is O=C(/C=C/C1=CCCN=C1)NCCCCC1CCN(C(=O)c2ccccc2)CC1. The van der Waals surface area contributed by atoms with Crippen molar-refractivity contribution in [2.24, 2.45) is 10.9 Å². The van der Waals surface area contributed by atoms with Crippen LogP contribution in [0.15, 0.2) is 59.1 Å². The van der Waals surface area contributed by atoms with Gasteiger partial charge in [0.2, 0.25) is 5.91 Å². The molecule has 1 saturated heterocycles. The van der Waals surface area contributed by atoms with Crippen molar-refractivity contribution in [1.82, 2.24) is 10.2 Å². The summed E-state index contributed by atoms with van der Waals surface area (Å²) in [6, 6.07) is 9.53. The standard InChI is InChI=1S/C24H31N3O2/c28-23(12-11-21-8-6-15-25-19-21)26-16-5-4-7-20-13-17-27(18-14-20)24(29)22-9-2-1-3-10-22/h1-3,8-12,19-20H,4-7,13-18H2,(H,26,28)/b12-11+. The van der Waals surface area contributed by atoms with Crippen molar-refractivity contribution in [3.05, 3.63) is 59.7 Å². The van der Waals surface area contributed by atoms with Crippen LogP contribution in [0.5, 0.6) is 0 Å². The zero-order valence-electron chi connectivity index (χ0n) is 17.1. The Hall–Kier alpha value is -2.69. The molecule has 2 aliphatic heterocycles. The number of hydrogen-bond acceptors (Lipinski definition) is 3. The molecule has 2 aliphatic rings. The second-order valence-electron chi connectivity index (χ2n) is 7.75. The summed E-state index contributed by atoms with van der Waals surface area (Å²) in [5, 5.41) is 2.95. The largest absolute Gasteiger partial charge is 0.353 e. The lowest BCUT2D eigenvalue weighted by Crippen LogP contribution is -2.38. The summed E-state index contributed by atoms with van der Waals surface area (Å²) in [6.45, 7) is 3.24. The Morgan fingerprint density at radius 3 is 2.66 bits per heavy atom. The van der Waals surface area contributed by atoms with Crippen LogP contribution in [0.2, 0.25) is 0 Å². The van der Waals surface area contributed by atoms with Gasteiger partial charge in [-0.05, 0) is 55.4 Å². The van der Waals surface area contributed by atoms with Crippen LogP contribution in [0, 0.1) is 5.92 Å². The number of aliphatic imine (C=N–C) groups is 1. The van der Waals surface area contributed by atoms with Gasteiger partial charge in [-0.25, -0.2) is 0 Å². The monoisotopic (exact) mass is 393 g/mol. The second kappa shape index (κ2) is 11.3. The maximum atomic E-state index is 12.5. The molecule has 29 heavy (non-hydrogen) atoms. The Morgan fingerprint density at radius 1 is 1.14 bits per heavy atom. The zero-order chi connectivity index (χ0) is 20.3. The normalized spacial score (nSPS) is 17.4. The van der Waals surface area contributed by atoms with Gasteiger partial charge < -0.3 is 10.2 Å². The van der Waals surface area contributed by atoms with Gasteiger partial charge >= 0.3 is 0 Å². The molecule has 2 heterocycles. The maximum absolute atomic E-state index is 12.5. The van der Waals surface area contributed by atoms with Crippen molar-refractivity contribution in [2.75, 3.05) is 26.2 Å². The Morgan fingerprint density at radius 2 is 1.93 bits per heavy atom. The van der Waals surface area contributed by atoms with Crippen LogP contribution in [0.3, 0.4) is 0 Å². The smallest absolute Gasteiger partial charge is 0.253 e. The van der Waals surface area contributed by atoms with E-state index >= 15 is 0 Å². The molecular weight excluding hydrogens is 362 g/mol. The minimum Gasteiger partial charge on any atom is -0.353 e. The topological polar surface area (TPSA) is 61.8 Å². The van der Waals surface area contributed by atoms with E-state index in [4.69, 9.17) is 0 Å². The van der Waals surface area contributed by atoms with Crippen LogP contribution in [0.1, 0.15) is 48.9 Å². The first kappa shape index (κ1) is 21.0. The van der Waals surface area contributed by atoms with Gasteiger partial charge in [-0.1, -0.05) is 37.1 Å². The van der Waals surface area contributed by atoms with E-state index in [0.717, 1.165) is 62.9 Å². The molecule has 1 aromatic rings. The molecule has 5 nitrogen and oxygen atoms in total. The maximum Gasteiger partial charge on any atom is 0.253 e. The second-order valence-corrected chi connectivity index (χ2v) is 7.75. The molecule has 0 atom stereocenters. The van der Waals surface area contributed by atoms with E-state index in [1.165, 1.54) is 6.42 Å². The number of allylic oxidation sites excluding steroid dienone is 2. The fraction of sp³-hybridized carbons (Fsp3) is 0.458. The number of nitrogens with zero attached hydrogens (tertiary/aromatic N) is 2. The van der Waals surface area contributed by atoms with Crippen LogP contribution >= 0.6 is 0 Å². The summed E-state index contributed by atoms with van der Waals surface area (Å²) in [7, 11) is 0. The molecule has 0 saturated carbocycles. The predicted molar refractivity (Wildman–Crippen MR) is 117 cm³/mol. The van der Waals surface area contributed by atoms with Crippen molar-refractivity contribution in [2.45, 2.75) is 38.5 Å². The first-order chi connectivity index (χ1) is 14.2. The van der Waals surface area contributed by atoms with E-state index in [9.17, 15) is 9.59 Å². The van der Waals surface area contributed by atoms with E-state index in [1.54, 1.807) is 6.08 Å². The van der Waals surface area contributed by atoms with Gasteiger partial charge in [-0.15, -0.1) is 0 Å². The van der Waals surface area contributed by atoms with E-state index in [2.05, 4.69) is 16.4 Å². The van der Waals surface area contributed by atoms with Gasteiger partial charge in [0.15, 0.2) is 0 Å². The van der Waals surface area contributed by atoms with Gasteiger partial charge in [-0.2, -0.15) is 0 Å². The van der Waals surface area contributed by atoms with Gasteiger partial charge in [0.1, 0.15) is 0 Å². The summed E-state index contributed by atoms with van der Waals surface area (Å²) in [5.74, 6) is 0.788. The van der Waals surface area contributed by atoms with Gasteiger partial charge in [0.25, 0.3) is 5.91 Å². The van der Waals surface area contributed by atoms with E-state index in [1.807, 2.05) is 47.5 Å². The number of amides is 2. The average molecular weight is 394 g/mol. The lowest BCUT2D eigenvalue weighted by Gasteiger charge is -2.32. The summed E-state index contributed by atoms with van der Waals surface area (Å²) >= 11 is 0. The van der Waals surface area contributed by atoms with Gasteiger partial charge in [0.05, 0.1) is 0 Å². The molecule has 0 radical (unpaired) electrons. The Labute approximate surface area is 173 Å². The molecule has 2 amide bonds. The van der Waals surface area contributed by atoms with Crippen LogP contribution in [-0.2, 0) is 4.79 Å². The number of unbranched alkanes of at least 4 members (excludes halogenated alkanes) is 1. The summed E-state index contributed by atoms with van der Waals surface area (Å²) in [6.07, 6.45) is 13.7. The number of benzene rings is 1. The molecule has 3 rings (SSSR count). The number of hydrogen-bond donors (Lipinski definition) is 1. The number of piperidine rings is 1. The van der Waals surface area contributed by atoms with E-state index in [-0.39, 0.29) is 11.8 Å². The highest BCUT2D eigenvalue weighted by Gasteiger charge is 2.23. The lowest BCUT2D eigenvalue weighted by atomic mass is 9.91. The molecular formula is C24H31N3O2. The molecule has 5 heteroatoms.